The van der Waals surface area contributed by atoms with Gasteiger partial charge in [-0.15, -0.1) is 0 Å². The average molecular weight is 440 g/mol. The summed E-state index contributed by atoms with van der Waals surface area (Å²) in [6.07, 6.45) is 0. The van der Waals surface area contributed by atoms with Gasteiger partial charge in [0.1, 0.15) is 25.7 Å². The molecule has 0 radical (unpaired) electrons. The molecule has 0 aromatic heterocycles. The molecule has 32 heavy (non-hydrogen) atoms. The molecule has 1 fully saturated rings. The van der Waals surface area contributed by atoms with Gasteiger partial charge in [-0.1, -0.05) is 30.3 Å². The summed E-state index contributed by atoms with van der Waals surface area (Å²) in [6.45, 7) is 3.17. The number of nitrogens with zero attached hydrogens (tertiary/aromatic N) is 1. The highest BCUT2D eigenvalue weighted by molar-refractivity contribution is 6.10. The first-order valence-electron chi connectivity index (χ1n) is 10.7. The zero-order valence-electron chi connectivity index (χ0n) is 17.8. The molecule has 1 N–H and O–H groups in total. The number of carbonyl (C=O) groups excluding carboxylic acids is 1. The van der Waals surface area contributed by atoms with Gasteiger partial charge in [-0.2, -0.15) is 0 Å². The predicted octanol–water partition coefficient (Wildman–Crippen LogP) is 4.74. The van der Waals surface area contributed by atoms with E-state index in [1.165, 1.54) is 18.2 Å². The van der Waals surface area contributed by atoms with Gasteiger partial charge < -0.3 is 14.8 Å². The minimum atomic E-state index is -0.756. The van der Waals surface area contributed by atoms with Crippen molar-refractivity contribution >= 4 is 22.4 Å². The van der Waals surface area contributed by atoms with Crippen molar-refractivity contribution in [3.63, 3.8) is 0 Å². The molecule has 0 aliphatic carbocycles. The number of anilines is 1. The Labute approximate surface area is 185 Å². The van der Waals surface area contributed by atoms with Gasteiger partial charge in [0.15, 0.2) is 0 Å². The van der Waals surface area contributed by atoms with Crippen LogP contribution in [0.2, 0.25) is 0 Å². The lowest BCUT2D eigenvalue weighted by Gasteiger charge is -2.26. The first-order valence-corrected chi connectivity index (χ1v) is 10.7. The largest absolute Gasteiger partial charge is 0.492 e. The maximum absolute atomic E-state index is 13.1. The van der Waals surface area contributed by atoms with E-state index in [1.807, 2.05) is 30.3 Å². The lowest BCUT2D eigenvalue weighted by molar-refractivity contribution is 0.0323. The van der Waals surface area contributed by atoms with Gasteiger partial charge >= 0.3 is 0 Å². The summed E-state index contributed by atoms with van der Waals surface area (Å²) in [6, 6.07) is 15.6. The number of alkyl halides is 2. The molecule has 1 aliphatic rings. The van der Waals surface area contributed by atoms with Crippen LogP contribution >= 0.6 is 0 Å². The highest BCUT2D eigenvalue weighted by Gasteiger charge is 2.14. The molecule has 0 atom stereocenters. The Morgan fingerprint density at radius 2 is 1.66 bits per heavy atom. The molecule has 1 amide bonds. The van der Waals surface area contributed by atoms with E-state index in [1.54, 1.807) is 6.07 Å². The molecule has 0 saturated carbocycles. The molecule has 0 unspecified atom stereocenters. The fraction of sp³-hybridized carbons (Fsp3) is 0.320. The topological polar surface area (TPSA) is 50.8 Å². The predicted molar refractivity (Wildman–Crippen MR) is 121 cm³/mol. The van der Waals surface area contributed by atoms with Crippen molar-refractivity contribution in [3.8, 4) is 5.75 Å². The number of halogens is 2. The van der Waals surface area contributed by atoms with Gasteiger partial charge in [-0.25, -0.2) is 8.78 Å². The van der Waals surface area contributed by atoms with Crippen molar-refractivity contribution in [1.82, 2.24) is 4.90 Å². The second kappa shape index (κ2) is 10.5. The third kappa shape index (κ3) is 5.23. The molecule has 5 nitrogen and oxygen atoms in total. The summed E-state index contributed by atoms with van der Waals surface area (Å²) in [7, 11) is 0. The molecule has 1 heterocycles. The first-order chi connectivity index (χ1) is 15.7. The zero-order valence-corrected chi connectivity index (χ0v) is 17.8. The van der Waals surface area contributed by atoms with Crippen molar-refractivity contribution < 1.29 is 23.0 Å². The lowest BCUT2D eigenvalue weighted by Crippen LogP contribution is -2.38. The Kier molecular flexibility index (Phi) is 7.29. The van der Waals surface area contributed by atoms with Crippen LogP contribution in [0.15, 0.2) is 54.6 Å². The van der Waals surface area contributed by atoms with Crippen molar-refractivity contribution in [3.05, 3.63) is 71.3 Å². The second-order valence-electron chi connectivity index (χ2n) is 7.72. The van der Waals surface area contributed by atoms with Gasteiger partial charge in [-0.05, 0) is 35.4 Å². The van der Waals surface area contributed by atoms with E-state index in [2.05, 4.69) is 10.2 Å². The van der Waals surface area contributed by atoms with Crippen LogP contribution in [0.3, 0.4) is 0 Å². The number of rotatable bonds is 8. The molecule has 7 heteroatoms. The number of ether oxygens (including phenoxy) is 2. The van der Waals surface area contributed by atoms with Gasteiger partial charge in [0.05, 0.1) is 13.2 Å². The number of carbonyl (C=O) groups is 1. The molecular formula is C25H26F2N2O3. The van der Waals surface area contributed by atoms with Crippen molar-refractivity contribution in [1.29, 1.82) is 0 Å². The van der Waals surface area contributed by atoms with E-state index in [0.29, 0.717) is 12.3 Å². The monoisotopic (exact) mass is 440 g/mol. The third-order valence-corrected chi connectivity index (χ3v) is 5.52. The number of amides is 1. The van der Waals surface area contributed by atoms with Crippen molar-refractivity contribution in [2.45, 2.75) is 13.3 Å². The SMILES string of the molecule is O=C(Nc1ccc(OCCN2CCOCC2)c2ccccc12)c1cc(CF)cc(CF)c1. The summed E-state index contributed by atoms with van der Waals surface area (Å²) in [5.74, 6) is 0.326. The number of benzene rings is 3. The first kappa shape index (κ1) is 22.2. The molecular weight excluding hydrogens is 414 g/mol. The molecule has 1 saturated heterocycles. The third-order valence-electron chi connectivity index (χ3n) is 5.52. The lowest BCUT2D eigenvalue weighted by atomic mass is 10.0. The van der Waals surface area contributed by atoms with Crippen LogP contribution < -0.4 is 10.1 Å². The van der Waals surface area contributed by atoms with Crippen LogP contribution in [0.1, 0.15) is 21.5 Å². The smallest absolute Gasteiger partial charge is 0.255 e. The molecule has 168 valence electrons. The van der Waals surface area contributed by atoms with Gasteiger partial charge in [-0.3, -0.25) is 9.69 Å². The van der Waals surface area contributed by atoms with E-state index in [-0.39, 0.29) is 16.7 Å². The highest BCUT2D eigenvalue weighted by Crippen LogP contribution is 2.32. The highest BCUT2D eigenvalue weighted by atomic mass is 19.1. The van der Waals surface area contributed by atoms with Crippen LogP contribution in [0.5, 0.6) is 5.75 Å². The van der Waals surface area contributed by atoms with Crippen LogP contribution in [0.25, 0.3) is 10.8 Å². The fourth-order valence-corrected chi connectivity index (χ4v) is 3.86. The van der Waals surface area contributed by atoms with Crippen LogP contribution in [-0.4, -0.2) is 50.3 Å². The summed E-state index contributed by atoms with van der Waals surface area (Å²) in [5, 5.41) is 4.59. The van der Waals surface area contributed by atoms with Gasteiger partial charge in [0.2, 0.25) is 0 Å². The van der Waals surface area contributed by atoms with Crippen LogP contribution in [0, 0.1) is 0 Å². The summed E-state index contributed by atoms with van der Waals surface area (Å²) >= 11 is 0. The van der Waals surface area contributed by atoms with Gasteiger partial charge in [0, 0.05) is 41.7 Å². The standard InChI is InChI=1S/C25H26F2N2O3/c26-16-18-13-19(17-27)15-20(14-18)25(30)28-23-5-6-24(22-4-2-1-3-21(22)23)32-12-9-29-7-10-31-11-8-29/h1-6,13-15H,7-12,16-17H2,(H,28,30). The Bertz CT molecular complexity index is 1060. The molecule has 0 spiro atoms. The van der Waals surface area contributed by atoms with E-state index >= 15 is 0 Å². The number of fused-ring (bicyclic) bond motifs is 1. The van der Waals surface area contributed by atoms with Gasteiger partial charge in [0.25, 0.3) is 5.91 Å². The summed E-state index contributed by atoms with van der Waals surface area (Å²) in [5.41, 5.74) is 1.39. The Morgan fingerprint density at radius 1 is 0.969 bits per heavy atom. The van der Waals surface area contributed by atoms with E-state index in [9.17, 15) is 13.6 Å². The number of nitrogens with one attached hydrogen (secondary N) is 1. The summed E-state index contributed by atoms with van der Waals surface area (Å²) in [4.78, 5) is 15.1. The zero-order chi connectivity index (χ0) is 22.3. The molecule has 4 rings (SSSR count). The Morgan fingerprint density at radius 3 is 2.34 bits per heavy atom. The minimum absolute atomic E-state index is 0.225. The Balaban J connectivity index is 1.51. The van der Waals surface area contributed by atoms with E-state index in [4.69, 9.17) is 9.47 Å². The van der Waals surface area contributed by atoms with Crippen LogP contribution in [0.4, 0.5) is 14.5 Å². The van der Waals surface area contributed by atoms with E-state index < -0.39 is 19.3 Å². The van der Waals surface area contributed by atoms with Crippen LogP contribution in [-0.2, 0) is 18.1 Å². The normalized spacial score (nSPS) is 14.4. The maximum atomic E-state index is 13.1. The average Bonchev–Trinajstić information content (AvgIpc) is 2.85. The summed E-state index contributed by atoms with van der Waals surface area (Å²) < 4.78 is 37.6. The second-order valence-corrected chi connectivity index (χ2v) is 7.72. The number of hydrogen-bond acceptors (Lipinski definition) is 4. The fourth-order valence-electron chi connectivity index (χ4n) is 3.86. The minimum Gasteiger partial charge on any atom is -0.492 e. The van der Waals surface area contributed by atoms with Crippen molar-refractivity contribution in [2.75, 3.05) is 44.8 Å². The molecule has 3 aromatic rings. The molecule has 1 aliphatic heterocycles. The van der Waals surface area contributed by atoms with Crippen molar-refractivity contribution in [2.24, 2.45) is 0 Å². The Hall–Kier alpha value is -3.03. The molecule has 3 aromatic carbocycles. The number of hydrogen-bond donors (Lipinski definition) is 1. The molecule has 0 bridgehead atoms. The quantitative estimate of drug-likeness (QED) is 0.550. The maximum Gasteiger partial charge on any atom is 0.255 e. The van der Waals surface area contributed by atoms with E-state index in [0.717, 1.165) is 49.4 Å². The number of morpholine rings is 1.